The number of carbonyl (C=O) groups is 3. The Morgan fingerprint density at radius 2 is 1.76 bits per heavy atom. The standard InChI is InChI=1S/C19H25N3O3/c23-16(15-5-2-1-3-6-15)7-4-8-17(24)22-13-9-19(10-14-22)18(25)20-11-12-21-19/h1-3,5-6,21H,4,7-14H2,(H,20,25). The molecule has 2 aliphatic rings. The molecule has 6 heteroatoms. The van der Waals surface area contributed by atoms with E-state index in [0.717, 1.165) is 6.54 Å². The van der Waals surface area contributed by atoms with Gasteiger partial charge in [0.1, 0.15) is 5.54 Å². The monoisotopic (exact) mass is 343 g/mol. The van der Waals surface area contributed by atoms with Crippen LogP contribution in [0.1, 0.15) is 42.5 Å². The molecule has 0 saturated carbocycles. The molecule has 2 aliphatic heterocycles. The van der Waals surface area contributed by atoms with Gasteiger partial charge in [-0.25, -0.2) is 0 Å². The zero-order valence-corrected chi connectivity index (χ0v) is 14.4. The number of likely N-dealkylation sites (tertiary alicyclic amines) is 1. The second-order valence-electron chi connectivity index (χ2n) is 6.79. The molecule has 0 aliphatic carbocycles. The third-order valence-electron chi connectivity index (χ3n) is 5.17. The van der Waals surface area contributed by atoms with Crippen LogP contribution in [0.25, 0.3) is 0 Å². The van der Waals surface area contributed by atoms with Crippen LogP contribution in [0.15, 0.2) is 30.3 Å². The van der Waals surface area contributed by atoms with Crippen molar-refractivity contribution >= 4 is 17.6 Å². The van der Waals surface area contributed by atoms with Crippen LogP contribution in [-0.2, 0) is 9.59 Å². The SMILES string of the molecule is O=C(CCCC(=O)N1CCC2(CC1)NCCNC2=O)c1ccccc1. The highest BCUT2D eigenvalue weighted by atomic mass is 16.2. The Labute approximate surface area is 148 Å². The molecule has 3 rings (SSSR count). The number of ketones is 1. The van der Waals surface area contributed by atoms with E-state index in [-0.39, 0.29) is 17.6 Å². The highest BCUT2D eigenvalue weighted by Gasteiger charge is 2.43. The van der Waals surface area contributed by atoms with Crippen molar-refractivity contribution in [2.75, 3.05) is 26.2 Å². The molecule has 1 spiro atoms. The molecule has 2 N–H and O–H groups in total. The maximum absolute atomic E-state index is 12.4. The Hall–Kier alpha value is -2.21. The number of hydrogen-bond acceptors (Lipinski definition) is 4. The first kappa shape index (κ1) is 17.6. The van der Waals surface area contributed by atoms with Gasteiger partial charge in [0.25, 0.3) is 0 Å². The summed E-state index contributed by atoms with van der Waals surface area (Å²) in [5, 5.41) is 6.23. The van der Waals surface area contributed by atoms with Gasteiger partial charge in [-0.3, -0.25) is 14.4 Å². The van der Waals surface area contributed by atoms with Crippen molar-refractivity contribution in [2.45, 2.75) is 37.6 Å². The molecule has 0 bridgehead atoms. The van der Waals surface area contributed by atoms with Crippen molar-refractivity contribution in [2.24, 2.45) is 0 Å². The fraction of sp³-hybridized carbons (Fsp3) is 0.526. The van der Waals surface area contributed by atoms with Crippen molar-refractivity contribution < 1.29 is 14.4 Å². The third-order valence-corrected chi connectivity index (χ3v) is 5.17. The number of hydrogen-bond donors (Lipinski definition) is 2. The van der Waals surface area contributed by atoms with Gasteiger partial charge in [0.15, 0.2) is 5.78 Å². The van der Waals surface area contributed by atoms with E-state index in [1.807, 2.05) is 23.1 Å². The first-order chi connectivity index (χ1) is 12.1. The summed E-state index contributed by atoms with van der Waals surface area (Å²) in [6.07, 6.45) is 2.62. The predicted octanol–water partition coefficient (Wildman–Crippen LogP) is 1.12. The normalized spacial score (nSPS) is 19.5. The second-order valence-corrected chi connectivity index (χ2v) is 6.79. The summed E-state index contributed by atoms with van der Waals surface area (Å²) in [5.74, 6) is 0.209. The summed E-state index contributed by atoms with van der Waals surface area (Å²) in [5.41, 5.74) is 0.197. The molecule has 0 unspecified atom stereocenters. The van der Waals surface area contributed by atoms with Gasteiger partial charge in [-0.2, -0.15) is 0 Å². The average molecular weight is 343 g/mol. The zero-order chi connectivity index (χ0) is 17.7. The lowest BCUT2D eigenvalue weighted by Gasteiger charge is -2.43. The van der Waals surface area contributed by atoms with E-state index in [0.29, 0.717) is 57.3 Å². The predicted molar refractivity (Wildman–Crippen MR) is 94.2 cm³/mol. The maximum Gasteiger partial charge on any atom is 0.240 e. The van der Waals surface area contributed by atoms with Gasteiger partial charge in [-0.05, 0) is 19.3 Å². The van der Waals surface area contributed by atoms with E-state index in [2.05, 4.69) is 10.6 Å². The molecular weight excluding hydrogens is 318 g/mol. The van der Waals surface area contributed by atoms with Crippen molar-refractivity contribution in [1.29, 1.82) is 0 Å². The molecule has 2 heterocycles. The zero-order valence-electron chi connectivity index (χ0n) is 14.4. The van der Waals surface area contributed by atoms with Gasteiger partial charge >= 0.3 is 0 Å². The number of carbonyl (C=O) groups excluding carboxylic acids is 3. The van der Waals surface area contributed by atoms with E-state index >= 15 is 0 Å². The fourth-order valence-corrected chi connectivity index (χ4v) is 3.60. The first-order valence-electron chi connectivity index (χ1n) is 9.00. The van der Waals surface area contributed by atoms with E-state index in [4.69, 9.17) is 0 Å². The lowest BCUT2D eigenvalue weighted by atomic mass is 9.85. The highest BCUT2D eigenvalue weighted by molar-refractivity contribution is 5.96. The molecule has 2 amide bonds. The minimum atomic E-state index is -0.502. The molecule has 0 radical (unpaired) electrons. The average Bonchev–Trinajstić information content (AvgIpc) is 2.65. The Morgan fingerprint density at radius 1 is 1.04 bits per heavy atom. The van der Waals surface area contributed by atoms with Crippen LogP contribution >= 0.6 is 0 Å². The quantitative estimate of drug-likeness (QED) is 0.786. The lowest BCUT2D eigenvalue weighted by molar-refractivity contribution is -0.138. The number of benzene rings is 1. The van der Waals surface area contributed by atoms with Crippen LogP contribution in [0, 0.1) is 0 Å². The van der Waals surface area contributed by atoms with Crippen LogP contribution in [0.4, 0.5) is 0 Å². The Kier molecular flexibility index (Phi) is 5.48. The van der Waals surface area contributed by atoms with Crippen LogP contribution in [-0.4, -0.2) is 54.2 Å². The molecule has 6 nitrogen and oxygen atoms in total. The number of nitrogens with zero attached hydrogens (tertiary/aromatic N) is 1. The van der Waals surface area contributed by atoms with E-state index in [9.17, 15) is 14.4 Å². The molecule has 134 valence electrons. The van der Waals surface area contributed by atoms with Gasteiger partial charge < -0.3 is 15.5 Å². The molecule has 1 aromatic carbocycles. The molecule has 25 heavy (non-hydrogen) atoms. The van der Waals surface area contributed by atoms with E-state index in [1.165, 1.54) is 0 Å². The number of piperidine rings is 1. The number of piperazine rings is 1. The number of amides is 2. The Bertz CT molecular complexity index is 637. The van der Waals surface area contributed by atoms with Gasteiger partial charge in [-0.15, -0.1) is 0 Å². The van der Waals surface area contributed by atoms with Gasteiger partial charge in [-0.1, -0.05) is 30.3 Å². The smallest absolute Gasteiger partial charge is 0.240 e. The first-order valence-corrected chi connectivity index (χ1v) is 9.00. The van der Waals surface area contributed by atoms with Crippen LogP contribution in [0.2, 0.25) is 0 Å². The minimum Gasteiger partial charge on any atom is -0.353 e. The Balaban J connectivity index is 1.42. The summed E-state index contributed by atoms with van der Waals surface area (Å²) >= 11 is 0. The van der Waals surface area contributed by atoms with Crippen molar-refractivity contribution in [1.82, 2.24) is 15.5 Å². The minimum absolute atomic E-state index is 0.0549. The fourth-order valence-electron chi connectivity index (χ4n) is 3.60. The summed E-state index contributed by atoms with van der Waals surface area (Å²) in [6, 6.07) is 9.17. The lowest BCUT2D eigenvalue weighted by Crippen LogP contribution is -2.66. The number of nitrogens with one attached hydrogen (secondary N) is 2. The van der Waals surface area contributed by atoms with E-state index < -0.39 is 5.54 Å². The summed E-state index contributed by atoms with van der Waals surface area (Å²) < 4.78 is 0. The number of Topliss-reactive ketones (excluding diaryl/α,β-unsaturated/α-hetero) is 1. The maximum atomic E-state index is 12.4. The summed E-state index contributed by atoms with van der Waals surface area (Å²) in [7, 11) is 0. The highest BCUT2D eigenvalue weighted by Crippen LogP contribution is 2.24. The van der Waals surface area contributed by atoms with Crippen LogP contribution in [0.5, 0.6) is 0 Å². The van der Waals surface area contributed by atoms with Gasteiger partial charge in [0.05, 0.1) is 0 Å². The molecule has 2 saturated heterocycles. The van der Waals surface area contributed by atoms with Crippen molar-refractivity contribution in [3.05, 3.63) is 35.9 Å². The largest absolute Gasteiger partial charge is 0.353 e. The van der Waals surface area contributed by atoms with Gasteiger partial charge in [0.2, 0.25) is 11.8 Å². The Morgan fingerprint density at radius 3 is 2.44 bits per heavy atom. The van der Waals surface area contributed by atoms with Crippen molar-refractivity contribution in [3.63, 3.8) is 0 Å². The topological polar surface area (TPSA) is 78.5 Å². The molecule has 0 aromatic heterocycles. The van der Waals surface area contributed by atoms with Crippen molar-refractivity contribution in [3.8, 4) is 0 Å². The molecular formula is C19H25N3O3. The third kappa shape index (κ3) is 4.07. The molecule has 0 atom stereocenters. The summed E-state index contributed by atoms with van der Waals surface area (Å²) in [4.78, 5) is 38.4. The number of rotatable bonds is 5. The van der Waals surface area contributed by atoms with Gasteiger partial charge in [0, 0.05) is 44.6 Å². The second kappa shape index (κ2) is 7.78. The molecule has 1 aromatic rings. The molecule has 2 fully saturated rings. The van der Waals surface area contributed by atoms with Crippen LogP contribution in [0.3, 0.4) is 0 Å². The van der Waals surface area contributed by atoms with E-state index in [1.54, 1.807) is 12.1 Å². The summed E-state index contributed by atoms with van der Waals surface area (Å²) in [6.45, 7) is 2.62. The van der Waals surface area contributed by atoms with Crippen LogP contribution < -0.4 is 10.6 Å².